The number of piperidine rings is 1. The highest BCUT2D eigenvalue weighted by atomic mass is 79.9. The standard InChI is InChI=1S/C16H23BrN2O/c1-11-10-14(8-9-18-11)19-15(20)16(2,3)12-4-6-13(17)7-5-12/h4-7,11,14,18H,8-10H2,1-3H3,(H,19,20). The van der Waals surface area contributed by atoms with E-state index in [2.05, 4.69) is 33.5 Å². The third-order valence-corrected chi connectivity index (χ3v) is 4.62. The van der Waals surface area contributed by atoms with Crippen LogP contribution in [0.2, 0.25) is 0 Å². The van der Waals surface area contributed by atoms with Crippen molar-refractivity contribution in [3.05, 3.63) is 34.3 Å². The van der Waals surface area contributed by atoms with Gasteiger partial charge in [-0.15, -0.1) is 0 Å². The van der Waals surface area contributed by atoms with Gasteiger partial charge in [0.05, 0.1) is 5.41 Å². The predicted octanol–water partition coefficient (Wildman–Crippen LogP) is 2.98. The summed E-state index contributed by atoms with van der Waals surface area (Å²) in [6.07, 6.45) is 2.01. The van der Waals surface area contributed by atoms with Crippen molar-refractivity contribution in [1.82, 2.24) is 10.6 Å². The van der Waals surface area contributed by atoms with Crippen molar-refractivity contribution in [2.45, 2.75) is 51.1 Å². The van der Waals surface area contributed by atoms with Crippen LogP contribution in [0.15, 0.2) is 28.7 Å². The zero-order valence-corrected chi connectivity index (χ0v) is 14.0. The SMILES string of the molecule is CC1CC(NC(=O)C(C)(C)c2ccc(Br)cc2)CCN1. The van der Waals surface area contributed by atoms with E-state index in [1.54, 1.807) is 0 Å². The smallest absolute Gasteiger partial charge is 0.230 e. The number of benzene rings is 1. The van der Waals surface area contributed by atoms with Crippen LogP contribution in [0.5, 0.6) is 0 Å². The van der Waals surface area contributed by atoms with Crippen LogP contribution in [0.3, 0.4) is 0 Å². The van der Waals surface area contributed by atoms with Gasteiger partial charge in [0.15, 0.2) is 0 Å². The number of carbonyl (C=O) groups excluding carboxylic acids is 1. The number of amides is 1. The maximum absolute atomic E-state index is 12.6. The third-order valence-electron chi connectivity index (χ3n) is 4.09. The molecule has 1 fully saturated rings. The number of nitrogens with one attached hydrogen (secondary N) is 2. The molecule has 3 nitrogen and oxygen atoms in total. The highest BCUT2D eigenvalue weighted by Gasteiger charge is 2.32. The van der Waals surface area contributed by atoms with Gasteiger partial charge in [-0.2, -0.15) is 0 Å². The van der Waals surface area contributed by atoms with Crippen molar-refractivity contribution in [2.24, 2.45) is 0 Å². The third kappa shape index (κ3) is 3.61. The fourth-order valence-corrected chi connectivity index (χ4v) is 2.89. The van der Waals surface area contributed by atoms with Gasteiger partial charge in [0.25, 0.3) is 0 Å². The van der Waals surface area contributed by atoms with Crippen LogP contribution in [0.25, 0.3) is 0 Å². The van der Waals surface area contributed by atoms with E-state index in [-0.39, 0.29) is 11.9 Å². The quantitative estimate of drug-likeness (QED) is 0.889. The fraction of sp³-hybridized carbons (Fsp3) is 0.562. The van der Waals surface area contributed by atoms with Gasteiger partial charge >= 0.3 is 0 Å². The molecule has 2 N–H and O–H groups in total. The van der Waals surface area contributed by atoms with Gasteiger partial charge in [0.2, 0.25) is 5.91 Å². The molecule has 1 saturated heterocycles. The van der Waals surface area contributed by atoms with E-state index in [9.17, 15) is 4.79 Å². The predicted molar refractivity (Wildman–Crippen MR) is 85.8 cm³/mol. The molecule has 0 saturated carbocycles. The Hall–Kier alpha value is -0.870. The lowest BCUT2D eigenvalue weighted by Crippen LogP contribution is -2.50. The normalized spacial score (nSPS) is 23.4. The fourth-order valence-electron chi connectivity index (χ4n) is 2.63. The number of rotatable bonds is 3. The van der Waals surface area contributed by atoms with Crippen LogP contribution in [0.4, 0.5) is 0 Å². The molecule has 0 aromatic heterocycles. The van der Waals surface area contributed by atoms with Crippen LogP contribution in [-0.2, 0) is 10.2 Å². The maximum Gasteiger partial charge on any atom is 0.230 e. The molecule has 1 aliphatic rings. The topological polar surface area (TPSA) is 41.1 Å². The summed E-state index contributed by atoms with van der Waals surface area (Å²) in [7, 11) is 0. The summed E-state index contributed by atoms with van der Waals surface area (Å²) in [5.74, 6) is 0.110. The van der Waals surface area contributed by atoms with Gasteiger partial charge in [0, 0.05) is 16.6 Å². The van der Waals surface area contributed by atoms with E-state index in [1.165, 1.54) is 0 Å². The average Bonchev–Trinajstić information content (AvgIpc) is 2.39. The summed E-state index contributed by atoms with van der Waals surface area (Å²) >= 11 is 3.43. The van der Waals surface area contributed by atoms with Crippen LogP contribution in [-0.4, -0.2) is 24.5 Å². The van der Waals surface area contributed by atoms with E-state index in [4.69, 9.17) is 0 Å². The van der Waals surface area contributed by atoms with Crippen molar-refractivity contribution in [3.8, 4) is 0 Å². The second-order valence-corrected chi connectivity index (χ2v) is 7.10. The van der Waals surface area contributed by atoms with Crippen molar-refractivity contribution in [3.63, 3.8) is 0 Å². The first-order valence-electron chi connectivity index (χ1n) is 7.20. The number of halogens is 1. The molecule has 2 atom stereocenters. The van der Waals surface area contributed by atoms with E-state index in [0.29, 0.717) is 6.04 Å². The molecule has 1 amide bonds. The largest absolute Gasteiger partial charge is 0.353 e. The second kappa shape index (κ2) is 6.27. The molecule has 4 heteroatoms. The number of carbonyl (C=O) groups is 1. The first-order chi connectivity index (χ1) is 9.39. The van der Waals surface area contributed by atoms with Crippen molar-refractivity contribution < 1.29 is 4.79 Å². The first kappa shape index (κ1) is 15.5. The Morgan fingerprint density at radius 2 is 2.00 bits per heavy atom. The Bertz CT molecular complexity index is 470. The zero-order valence-electron chi connectivity index (χ0n) is 12.4. The Kier molecular flexibility index (Phi) is 4.86. The molecule has 20 heavy (non-hydrogen) atoms. The summed E-state index contributed by atoms with van der Waals surface area (Å²) in [5.41, 5.74) is 0.537. The summed E-state index contributed by atoms with van der Waals surface area (Å²) in [6.45, 7) is 7.11. The monoisotopic (exact) mass is 338 g/mol. The average molecular weight is 339 g/mol. The molecule has 2 unspecified atom stereocenters. The van der Waals surface area contributed by atoms with Gasteiger partial charge in [-0.1, -0.05) is 28.1 Å². The molecule has 1 aliphatic heterocycles. The van der Waals surface area contributed by atoms with Crippen molar-refractivity contribution >= 4 is 21.8 Å². The second-order valence-electron chi connectivity index (χ2n) is 6.18. The maximum atomic E-state index is 12.6. The minimum absolute atomic E-state index is 0.110. The highest BCUT2D eigenvalue weighted by molar-refractivity contribution is 9.10. The lowest BCUT2D eigenvalue weighted by Gasteiger charge is -2.32. The number of hydrogen-bond acceptors (Lipinski definition) is 2. The van der Waals surface area contributed by atoms with Gasteiger partial charge in [-0.25, -0.2) is 0 Å². The lowest BCUT2D eigenvalue weighted by atomic mass is 9.83. The molecule has 0 spiro atoms. The summed E-state index contributed by atoms with van der Waals surface area (Å²) in [6, 6.07) is 8.75. The Labute approximate surface area is 129 Å². The summed E-state index contributed by atoms with van der Waals surface area (Å²) in [4.78, 5) is 12.6. The lowest BCUT2D eigenvalue weighted by molar-refractivity contribution is -0.126. The molecule has 0 bridgehead atoms. The molecule has 1 aromatic rings. The van der Waals surface area contributed by atoms with E-state index in [0.717, 1.165) is 29.4 Å². The minimum Gasteiger partial charge on any atom is -0.353 e. The summed E-state index contributed by atoms with van der Waals surface area (Å²) in [5, 5.41) is 6.62. The Morgan fingerprint density at radius 1 is 1.35 bits per heavy atom. The van der Waals surface area contributed by atoms with Gasteiger partial charge < -0.3 is 10.6 Å². The van der Waals surface area contributed by atoms with E-state index >= 15 is 0 Å². The molecule has 1 heterocycles. The molecule has 2 rings (SSSR count). The van der Waals surface area contributed by atoms with Gasteiger partial charge in [-0.3, -0.25) is 4.79 Å². The van der Waals surface area contributed by atoms with E-state index in [1.807, 2.05) is 38.1 Å². The summed E-state index contributed by atoms with van der Waals surface area (Å²) < 4.78 is 1.03. The van der Waals surface area contributed by atoms with Crippen LogP contribution >= 0.6 is 15.9 Å². The molecular weight excluding hydrogens is 316 g/mol. The molecule has 110 valence electrons. The van der Waals surface area contributed by atoms with Crippen LogP contribution < -0.4 is 10.6 Å². The Balaban J connectivity index is 2.04. The van der Waals surface area contributed by atoms with Crippen LogP contribution in [0, 0.1) is 0 Å². The van der Waals surface area contributed by atoms with Gasteiger partial charge in [0.1, 0.15) is 0 Å². The minimum atomic E-state index is -0.505. The zero-order chi connectivity index (χ0) is 14.8. The Morgan fingerprint density at radius 3 is 2.60 bits per heavy atom. The molecule has 1 aromatic carbocycles. The molecule has 0 radical (unpaired) electrons. The van der Waals surface area contributed by atoms with Gasteiger partial charge in [-0.05, 0) is 57.9 Å². The van der Waals surface area contributed by atoms with Crippen LogP contribution in [0.1, 0.15) is 39.2 Å². The van der Waals surface area contributed by atoms with Crippen molar-refractivity contribution in [1.29, 1.82) is 0 Å². The van der Waals surface area contributed by atoms with E-state index < -0.39 is 5.41 Å². The molecular formula is C16H23BrN2O. The first-order valence-corrected chi connectivity index (χ1v) is 7.99. The number of hydrogen-bond donors (Lipinski definition) is 2. The highest BCUT2D eigenvalue weighted by Crippen LogP contribution is 2.25. The molecule has 0 aliphatic carbocycles. The van der Waals surface area contributed by atoms with Crippen molar-refractivity contribution in [2.75, 3.05) is 6.54 Å².